The third kappa shape index (κ3) is 1.76. The lowest BCUT2D eigenvalue weighted by Gasteiger charge is -2.18. The predicted molar refractivity (Wildman–Crippen MR) is 47.7 cm³/mol. The molecule has 0 radical (unpaired) electrons. The second-order valence-electron chi connectivity index (χ2n) is 2.79. The summed E-state index contributed by atoms with van der Waals surface area (Å²) in [6.45, 7) is 1.64. The fraction of sp³-hybridized carbons (Fsp3) is 0.714. The Morgan fingerprint density at radius 1 is 1.42 bits per heavy atom. The molecule has 1 aliphatic rings. The van der Waals surface area contributed by atoms with Crippen LogP contribution in [0.25, 0.3) is 0 Å². The summed E-state index contributed by atoms with van der Waals surface area (Å²) in [5, 5.41) is 0. The zero-order chi connectivity index (χ0) is 8.39. The van der Waals surface area contributed by atoms with Gasteiger partial charge in [0.2, 0.25) is 4.47 Å². The van der Waals surface area contributed by atoms with Crippen molar-refractivity contribution in [3.05, 3.63) is 10.3 Å². The molecule has 2 heterocycles. The summed E-state index contributed by atoms with van der Waals surface area (Å²) in [4.78, 5) is 4.15. The van der Waals surface area contributed by atoms with Crippen molar-refractivity contribution in [2.24, 2.45) is 0 Å². The maximum atomic E-state index is 5.69. The van der Waals surface area contributed by atoms with Crippen LogP contribution in [0.2, 0.25) is 4.47 Å². The first-order valence-corrected chi connectivity index (χ1v) is 5.08. The van der Waals surface area contributed by atoms with E-state index >= 15 is 0 Å². The van der Waals surface area contributed by atoms with Crippen LogP contribution in [-0.2, 0) is 4.74 Å². The van der Waals surface area contributed by atoms with E-state index < -0.39 is 0 Å². The van der Waals surface area contributed by atoms with Gasteiger partial charge in [0, 0.05) is 19.1 Å². The largest absolute Gasteiger partial charge is 0.381 e. The van der Waals surface area contributed by atoms with E-state index in [2.05, 4.69) is 9.36 Å². The molecule has 0 atom stereocenters. The van der Waals surface area contributed by atoms with Gasteiger partial charge in [-0.15, -0.1) is 0 Å². The third-order valence-electron chi connectivity index (χ3n) is 2.00. The van der Waals surface area contributed by atoms with E-state index in [0.717, 1.165) is 31.9 Å². The zero-order valence-corrected chi connectivity index (χ0v) is 8.07. The molecule has 5 heteroatoms. The minimum Gasteiger partial charge on any atom is -0.381 e. The Kier molecular flexibility index (Phi) is 2.58. The van der Waals surface area contributed by atoms with Gasteiger partial charge in [-0.3, -0.25) is 0 Å². The molecule has 0 unspecified atom stereocenters. The number of nitrogens with zero attached hydrogens (tertiary/aromatic N) is 2. The van der Waals surface area contributed by atoms with Gasteiger partial charge in [0.15, 0.2) is 0 Å². The Hall–Kier alpha value is -0.190. The average molecular weight is 205 g/mol. The summed E-state index contributed by atoms with van der Waals surface area (Å²) in [6.07, 6.45) is 2.04. The molecule has 0 spiro atoms. The fourth-order valence-corrected chi connectivity index (χ4v) is 2.02. The number of halogens is 1. The van der Waals surface area contributed by atoms with Crippen molar-refractivity contribution < 1.29 is 4.74 Å². The first-order valence-electron chi connectivity index (χ1n) is 3.93. The molecule has 1 aliphatic heterocycles. The van der Waals surface area contributed by atoms with Gasteiger partial charge in [0.1, 0.15) is 5.82 Å². The molecule has 1 fully saturated rings. The number of rotatable bonds is 1. The zero-order valence-electron chi connectivity index (χ0n) is 6.49. The van der Waals surface area contributed by atoms with Gasteiger partial charge in [-0.2, -0.15) is 4.37 Å². The van der Waals surface area contributed by atoms with Gasteiger partial charge in [0.05, 0.1) is 0 Å². The van der Waals surface area contributed by atoms with Crippen LogP contribution in [-0.4, -0.2) is 22.6 Å². The van der Waals surface area contributed by atoms with Crippen LogP contribution in [0, 0.1) is 0 Å². The summed E-state index contributed by atoms with van der Waals surface area (Å²) in [5.74, 6) is 1.36. The van der Waals surface area contributed by atoms with Crippen molar-refractivity contribution in [2.75, 3.05) is 13.2 Å². The smallest absolute Gasteiger partial charge is 0.203 e. The molecule has 1 aromatic rings. The summed E-state index contributed by atoms with van der Waals surface area (Å²) in [7, 11) is 0. The Bertz CT molecular complexity index is 260. The Morgan fingerprint density at radius 2 is 2.17 bits per heavy atom. The number of hydrogen-bond donors (Lipinski definition) is 0. The van der Waals surface area contributed by atoms with E-state index in [4.69, 9.17) is 16.3 Å². The van der Waals surface area contributed by atoms with Crippen molar-refractivity contribution in [1.82, 2.24) is 9.36 Å². The molecule has 2 rings (SSSR count). The Balaban J connectivity index is 2.08. The van der Waals surface area contributed by atoms with Crippen LogP contribution < -0.4 is 0 Å². The van der Waals surface area contributed by atoms with Crippen LogP contribution in [0.3, 0.4) is 0 Å². The predicted octanol–water partition coefficient (Wildman–Crippen LogP) is 2.09. The molecule has 1 aromatic heterocycles. The lowest BCUT2D eigenvalue weighted by atomic mass is 10.00. The highest BCUT2D eigenvalue weighted by Crippen LogP contribution is 2.26. The number of aromatic nitrogens is 2. The maximum Gasteiger partial charge on any atom is 0.203 e. The molecule has 1 saturated heterocycles. The van der Waals surface area contributed by atoms with E-state index in [1.807, 2.05) is 0 Å². The fourth-order valence-electron chi connectivity index (χ4n) is 1.34. The van der Waals surface area contributed by atoms with Crippen LogP contribution in [0.5, 0.6) is 0 Å². The van der Waals surface area contributed by atoms with E-state index in [1.54, 1.807) is 0 Å². The summed E-state index contributed by atoms with van der Waals surface area (Å²) >= 11 is 6.95. The van der Waals surface area contributed by atoms with Crippen LogP contribution in [0.15, 0.2) is 0 Å². The van der Waals surface area contributed by atoms with Gasteiger partial charge in [-0.25, -0.2) is 4.98 Å². The van der Waals surface area contributed by atoms with Crippen molar-refractivity contribution in [2.45, 2.75) is 18.8 Å². The van der Waals surface area contributed by atoms with Crippen LogP contribution in [0.4, 0.5) is 0 Å². The maximum absolute atomic E-state index is 5.69. The lowest BCUT2D eigenvalue weighted by molar-refractivity contribution is 0.0838. The molecular formula is C7H9ClN2OS. The minimum atomic E-state index is 0.461. The third-order valence-corrected chi connectivity index (χ3v) is 2.82. The first kappa shape index (κ1) is 8.41. The van der Waals surface area contributed by atoms with Gasteiger partial charge in [0.25, 0.3) is 0 Å². The first-order chi connectivity index (χ1) is 5.86. The summed E-state index contributed by atoms with van der Waals surface area (Å²) in [6, 6.07) is 0. The molecule has 0 N–H and O–H groups in total. The highest BCUT2D eigenvalue weighted by atomic mass is 35.5. The molecule has 0 bridgehead atoms. The molecular weight excluding hydrogens is 196 g/mol. The van der Waals surface area contributed by atoms with Crippen molar-refractivity contribution in [1.29, 1.82) is 0 Å². The molecule has 0 aliphatic carbocycles. The molecule has 0 aromatic carbocycles. The molecule has 0 amide bonds. The number of hydrogen-bond acceptors (Lipinski definition) is 4. The molecule has 12 heavy (non-hydrogen) atoms. The minimum absolute atomic E-state index is 0.461. The topological polar surface area (TPSA) is 35.0 Å². The lowest BCUT2D eigenvalue weighted by Crippen LogP contribution is -2.14. The van der Waals surface area contributed by atoms with Gasteiger partial charge in [-0.1, -0.05) is 0 Å². The van der Waals surface area contributed by atoms with E-state index in [1.165, 1.54) is 11.5 Å². The van der Waals surface area contributed by atoms with Crippen molar-refractivity contribution in [3.8, 4) is 0 Å². The highest BCUT2D eigenvalue weighted by Gasteiger charge is 2.19. The van der Waals surface area contributed by atoms with E-state index in [-0.39, 0.29) is 0 Å². The van der Waals surface area contributed by atoms with Crippen molar-refractivity contribution >= 4 is 23.1 Å². The van der Waals surface area contributed by atoms with Crippen LogP contribution in [0.1, 0.15) is 24.6 Å². The van der Waals surface area contributed by atoms with Gasteiger partial charge >= 0.3 is 0 Å². The molecule has 0 saturated carbocycles. The quantitative estimate of drug-likeness (QED) is 0.703. The average Bonchev–Trinajstić information content (AvgIpc) is 2.54. The van der Waals surface area contributed by atoms with Crippen LogP contribution >= 0.6 is 23.1 Å². The molecule has 66 valence electrons. The normalized spacial score (nSPS) is 19.8. The van der Waals surface area contributed by atoms with E-state index in [9.17, 15) is 0 Å². The van der Waals surface area contributed by atoms with Gasteiger partial charge < -0.3 is 4.74 Å². The number of ether oxygens (including phenoxy) is 1. The SMILES string of the molecule is Clc1nc(C2CCOCC2)ns1. The standard InChI is InChI=1S/C7H9ClN2OS/c8-7-9-6(10-12-7)5-1-3-11-4-2-5/h5H,1-4H2. The summed E-state index contributed by atoms with van der Waals surface area (Å²) in [5.41, 5.74) is 0. The second-order valence-corrected chi connectivity index (χ2v) is 4.13. The molecule has 3 nitrogen and oxygen atoms in total. The summed E-state index contributed by atoms with van der Waals surface area (Å²) < 4.78 is 9.96. The highest BCUT2D eigenvalue weighted by molar-refractivity contribution is 7.10. The Labute approximate surface area is 79.9 Å². The second kappa shape index (κ2) is 3.68. The van der Waals surface area contributed by atoms with E-state index in [0.29, 0.717) is 10.4 Å². The van der Waals surface area contributed by atoms with Gasteiger partial charge in [-0.05, 0) is 36.0 Å². The monoisotopic (exact) mass is 204 g/mol. The van der Waals surface area contributed by atoms with Crippen molar-refractivity contribution in [3.63, 3.8) is 0 Å². The Morgan fingerprint density at radius 3 is 2.75 bits per heavy atom.